The van der Waals surface area contributed by atoms with Crippen LogP contribution in [0.15, 0.2) is 12.4 Å². The summed E-state index contributed by atoms with van der Waals surface area (Å²) in [6.07, 6.45) is -8.00. The fourth-order valence-corrected chi connectivity index (χ4v) is 2.07. The molecule has 164 valence electrons. The quantitative estimate of drug-likeness (QED) is 0.166. The van der Waals surface area contributed by atoms with Gasteiger partial charge in [0.1, 0.15) is 0 Å². The van der Waals surface area contributed by atoms with E-state index in [1.165, 1.54) is 13.8 Å². The molecule has 0 aliphatic rings. The second kappa shape index (κ2) is 9.09. The molecule has 0 radical (unpaired) electrons. The molecule has 0 aromatic rings. The summed E-state index contributed by atoms with van der Waals surface area (Å²) in [5, 5.41) is -5.05. The lowest BCUT2D eigenvalue weighted by molar-refractivity contribution is -0.351. The van der Waals surface area contributed by atoms with Crippen LogP contribution in [0.5, 0.6) is 0 Å². The van der Waals surface area contributed by atoms with E-state index in [9.17, 15) is 48.9 Å². The van der Waals surface area contributed by atoms with Crippen molar-refractivity contribution in [2.75, 3.05) is 19.7 Å². The SMILES string of the molecule is C=C(F)C(=O)OC(OCCC(F)(F)S(=O)(=O)[O-])(C(=O)N(CC)CC)C(F)(F)F. The summed E-state index contributed by atoms with van der Waals surface area (Å²) in [6.45, 7) is 2.20. The highest BCUT2D eigenvalue weighted by atomic mass is 32.2. The standard InChI is InChI=1S/C13H17F6NO7S/c1-4-20(5-2)10(22)12(13(17,18)19,27-9(21)8(3)14)26-7-6-11(15,16)28(23,24)25/h3-7H2,1-2H3,(H,23,24,25)/p-1. The van der Waals surface area contributed by atoms with Gasteiger partial charge in [-0.1, -0.05) is 6.58 Å². The Morgan fingerprint density at radius 3 is 1.89 bits per heavy atom. The van der Waals surface area contributed by atoms with Crippen molar-refractivity contribution >= 4 is 22.0 Å². The molecule has 0 saturated heterocycles. The van der Waals surface area contributed by atoms with Gasteiger partial charge in [-0.15, -0.1) is 0 Å². The highest BCUT2D eigenvalue weighted by Crippen LogP contribution is 2.38. The van der Waals surface area contributed by atoms with Gasteiger partial charge in [0.2, 0.25) is 5.83 Å². The predicted molar refractivity (Wildman–Crippen MR) is 78.3 cm³/mol. The number of rotatable bonds is 10. The molecule has 0 spiro atoms. The Morgan fingerprint density at radius 2 is 1.57 bits per heavy atom. The summed E-state index contributed by atoms with van der Waals surface area (Å²) < 4.78 is 119. The Morgan fingerprint density at radius 1 is 1.11 bits per heavy atom. The fourth-order valence-electron chi connectivity index (χ4n) is 1.74. The van der Waals surface area contributed by atoms with Crippen LogP contribution in [0.25, 0.3) is 0 Å². The van der Waals surface area contributed by atoms with Crippen LogP contribution in [0.2, 0.25) is 0 Å². The molecule has 28 heavy (non-hydrogen) atoms. The van der Waals surface area contributed by atoms with Gasteiger partial charge in [0.05, 0.1) is 6.61 Å². The maximum atomic E-state index is 13.6. The van der Waals surface area contributed by atoms with E-state index in [2.05, 4.69) is 16.1 Å². The highest BCUT2D eigenvalue weighted by molar-refractivity contribution is 7.86. The van der Waals surface area contributed by atoms with Crippen molar-refractivity contribution in [2.24, 2.45) is 0 Å². The lowest BCUT2D eigenvalue weighted by Crippen LogP contribution is -2.62. The Bertz CT molecular complexity index is 705. The first-order valence-corrected chi connectivity index (χ1v) is 8.78. The Balaban J connectivity index is 6.09. The number of hydrogen-bond donors (Lipinski definition) is 0. The summed E-state index contributed by atoms with van der Waals surface area (Å²) in [5.41, 5.74) is 0. The summed E-state index contributed by atoms with van der Waals surface area (Å²) >= 11 is 0. The van der Waals surface area contributed by atoms with Crippen LogP contribution < -0.4 is 0 Å². The van der Waals surface area contributed by atoms with Crippen molar-refractivity contribution in [3.63, 3.8) is 0 Å². The van der Waals surface area contributed by atoms with E-state index in [1.807, 2.05) is 0 Å². The second-order valence-corrected chi connectivity index (χ2v) is 6.58. The lowest BCUT2D eigenvalue weighted by Gasteiger charge is -2.36. The molecule has 15 heteroatoms. The molecule has 0 rings (SSSR count). The average Bonchev–Trinajstić information content (AvgIpc) is 2.52. The van der Waals surface area contributed by atoms with Crippen LogP contribution in [0, 0.1) is 0 Å². The molecular weight excluding hydrogens is 428 g/mol. The van der Waals surface area contributed by atoms with Crippen molar-refractivity contribution in [3.8, 4) is 0 Å². The van der Waals surface area contributed by atoms with Gasteiger partial charge in [-0.2, -0.15) is 26.3 Å². The van der Waals surface area contributed by atoms with Gasteiger partial charge in [0.15, 0.2) is 10.1 Å². The number of alkyl halides is 5. The first-order chi connectivity index (χ1) is 12.5. The van der Waals surface area contributed by atoms with Gasteiger partial charge < -0.3 is 18.9 Å². The highest BCUT2D eigenvalue weighted by Gasteiger charge is 2.67. The van der Waals surface area contributed by atoms with Gasteiger partial charge >= 0.3 is 29.1 Å². The van der Waals surface area contributed by atoms with E-state index in [1.54, 1.807) is 0 Å². The minimum absolute atomic E-state index is 0.379. The third kappa shape index (κ3) is 5.81. The summed E-state index contributed by atoms with van der Waals surface area (Å²) in [7, 11) is -6.26. The summed E-state index contributed by atoms with van der Waals surface area (Å²) in [4.78, 5) is 24.0. The molecular formula is C13H16F6NO7S-. The number of carbonyl (C=O) groups excluding carboxylic acids is 2. The number of nitrogens with zero attached hydrogens (tertiary/aromatic N) is 1. The molecule has 0 aromatic heterocycles. The van der Waals surface area contributed by atoms with E-state index < -0.39 is 58.1 Å². The van der Waals surface area contributed by atoms with Gasteiger partial charge in [0, 0.05) is 19.5 Å². The molecule has 0 N–H and O–H groups in total. The predicted octanol–water partition coefficient (Wildman–Crippen LogP) is 1.68. The summed E-state index contributed by atoms with van der Waals surface area (Å²) in [5.74, 6) is -11.1. The van der Waals surface area contributed by atoms with Crippen molar-refractivity contribution in [1.29, 1.82) is 0 Å². The molecule has 0 aliphatic carbocycles. The van der Waals surface area contributed by atoms with Crippen molar-refractivity contribution in [1.82, 2.24) is 4.90 Å². The maximum Gasteiger partial charge on any atom is 0.466 e. The molecule has 8 nitrogen and oxygen atoms in total. The molecule has 1 unspecified atom stereocenters. The zero-order chi connectivity index (χ0) is 22.6. The monoisotopic (exact) mass is 444 g/mol. The number of likely N-dealkylation sites (N-methyl/N-ethyl adjacent to an activating group) is 1. The molecule has 0 aromatic carbocycles. The number of esters is 1. The van der Waals surface area contributed by atoms with E-state index in [0.717, 1.165) is 0 Å². The van der Waals surface area contributed by atoms with Crippen molar-refractivity contribution in [2.45, 2.75) is 37.5 Å². The van der Waals surface area contributed by atoms with E-state index in [4.69, 9.17) is 0 Å². The number of carbonyl (C=O) groups is 2. The second-order valence-electron chi connectivity index (χ2n) is 5.08. The third-order valence-corrected chi connectivity index (χ3v) is 4.16. The number of amides is 1. The van der Waals surface area contributed by atoms with Crippen LogP contribution >= 0.6 is 0 Å². The van der Waals surface area contributed by atoms with Crippen molar-refractivity contribution in [3.05, 3.63) is 12.4 Å². The Hall–Kier alpha value is -1.87. The molecule has 1 atom stereocenters. The molecule has 0 bridgehead atoms. The smallest absolute Gasteiger partial charge is 0.466 e. The zero-order valence-corrected chi connectivity index (χ0v) is 15.3. The first-order valence-electron chi connectivity index (χ1n) is 7.37. The number of halogens is 6. The topological polar surface area (TPSA) is 113 Å². The largest absolute Gasteiger partial charge is 0.743 e. The van der Waals surface area contributed by atoms with Crippen LogP contribution in [-0.4, -0.2) is 66.7 Å². The van der Waals surface area contributed by atoms with Gasteiger partial charge in [0.25, 0.3) is 0 Å². The summed E-state index contributed by atoms with van der Waals surface area (Å²) in [6, 6.07) is 0. The van der Waals surface area contributed by atoms with Crippen LogP contribution in [0.3, 0.4) is 0 Å². The normalized spacial score (nSPS) is 14.9. The van der Waals surface area contributed by atoms with Gasteiger partial charge in [-0.3, -0.25) is 4.79 Å². The molecule has 0 saturated carbocycles. The Labute approximate surface area is 155 Å². The first kappa shape index (κ1) is 26.1. The molecule has 0 fully saturated rings. The third-order valence-electron chi connectivity index (χ3n) is 3.23. The fraction of sp³-hybridized carbons (Fsp3) is 0.692. The van der Waals surface area contributed by atoms with Gasteiger partial charge in [-0.25, -0.2) is 13.2 Å². The zero-order valence-electron chi connectivity index (χ0n) is 14.5. The van der Waals surface area contributed by atoms with Crippen LogP contribution in [0.4, 0.5) is 26.3 Å². The lowest BCUT2D eigenvalue weighted by atomic mass is 10.2. The van der Waals surface area contributed by atoms with E-state index in [-0.39, 0.29) is 13.1 Å². The molecule has 0 heterocycles. The molecule has 1 amide bonds. The van der Waals surface area contributed by atoms with Crippen LogP contribution in [0.1, 0.15) is 20.3 Å². The van der Waals surface area contributed by atoms with Crippen LogP contribution in [-0.2, 0) is 29.2 Å². The minimum atomic E-state index is -6.26. The van der Waals surface area contributed by atoms with Crippen molar-refractivity contribution < 1.29 is 58.4 Å². The minimum Gasteiger partial charge on any atom is -0.743 e. The molecule has 0 aliphatic heterocycles. The average molecular weight is 444 g/mol. The number of ether oxygens (including phenoxy) is 2. The van der Waals surface area contributed by atoms with E-state index >= 15 is 0 Å². The maximum absolute atomic E-state index is 13.6. The van der Waals surface area contributed by atoms with Gasteiger partial charge in [-0.05, 0) is 13.8 Å². The van der Waals surface area contributed by atoms with E-state index in [0.29, 0.717) is 4.90 Å². The Kier molecular flexibility index (Phi) is 8.48. The number of hydrogen-bond acceptors (Lipinski definition) is 7.